The molecular weight excluding hydrogens is 695 g/mol. The van der Waals surface area contributed by atoms with Crippen LogP contribution in [0.15, 0.2) is 201 Å². The van der Waals surface area contributed by atoms with Gasteiger partial charge in [-0.25, -0.2) is 0 Å². The summed E-state index contributed by atoms with van der Waals surface area (Å²) in [5, 5.41) is 2.48. The third-order valence-electron chi connectivity index (χ3n) is 12.0. The first kappa shape index (κ1) is 31.7. The number of hydrogen-bond donors (Lipinski definition) is 0. The molecule has 266 valence electrons. The molecule has 0 saturated heterocycles. The van der Waals surface area contributed by atoms with E-state index in [1.165, 1.54) is 55.2 Å². The van der Waals surface area contributed by atoms with Gasteiger partial charge < -0.3 is 9.13 Å². The minimum Gasteiger partial charge on any atom is -0.309 e. The standard InChI is InChI=1S/C52H33N5/c1-3-11-36(12-4-1)52(37-13-5-2-6-14-37)42-29-32-53-33-41(42)48-43(52)27-28-45-49(48)40-15-7-8-16-44(40)56(45)38-23-19-34(20-24-38)35-21-25-39(26-22-35)57-46-17-9-30-54-50(46)51-47(57)18-10-31-55-51/h1-33H. The van der Waals surface area contributed by atoms with E-state index in [-0.39, 0.29) is 0 Å². The van der Waals surface area contributed by atoms with E-state index in [0.717, 1.165) is 44.6 Å². The van der Waals surface area contributed by atoms with Gasteiger partial charge in [0.05, 0.1) is 27.5 Å². The molecule has 57 heavy (non-hydrogen) atoms. The van der Waals surface area contributed by atoms with Crippen LogP contribution >= 0.6 is 0 Å². The van der Waals surface area contributed by atoms with E-state index in [1.54, 1.807) is 0 Å². The molecule has 0 fully saturated rings. The molecule has 0 N–H and O–H groups in total. The van der Waals surface area contributed by atoms with E-state index in [0.29, 0.717) is 0 Å². The number of para-hydroxylation sites is 1. The lowest BCUT2D eigenvalue weighted by molar-refractivity contribution is 0.767. The van der Waals surface area contributed by atoms with E-state index in [9.17, 15) is 0 Å². The number of rotatable bonds is 5. The number of aromatic nitrogens is 5. The number of fused-ring (bicyclic) bond motifs is 10. The van der Waals surface area contributed by atoms with Crippen LogP contribution in [0, 0.1) is 0 Å². The van der Waals surface area contributed by atoms with Gasteiger partial charge in [-0.15, -0.1) is 0 Å². The highest BCUT2D eigenvalue weighted by Crippen LogP contribution is 2.58. The third-order valence-corrected chi connectivity index (χ3v) is 12.0. The van der Waals surface area contributed by atoms with Crippen LogP contribution in [0.3, 0.4) is 0 Å². The zero-order chi connectivity index (χ0) is 37.5. The van der Waals surface area contributed by atoms with Crippen molar-refractivity contribution in [2.24, 2.45) is 0 Å². The van der Waals surface area contributed by atoms with Crippen LogP contribution in [0.5, 0.6) is 0 Å². The van der Waals surface area contributed by atoms with Crippen LogP contribution in [-0.4, -0.2) is 24.1 Å². The average molecular weight is 728 g/mol. The van der Waals surface area contributed by atoms with Crippen LogP contribution in [0.4, 0.5) is 0 Å². The number of benzene rings is 6. The number of hydrogen-bond acceptors (Lipinski definition) is 3. The molecule has 0 amide bonds. The van der Waals surface area contributed by atoms with Gasteiger partial charge in [0.1, 0.15) is 11.0 Å². The molecular formula is C52H33N5. The van der Waals surface area contributed by atoms with Crippen molar-refractivity contribution in [2.75, 3.05) is 0 Å². The molecule has 1 aliphatic carbocycles. The Kier molecular flexibility index (Phi) is 6.78. The molecule has 0 saturated carbocycles. The molecule has 6 aromatic carbocycles. The van der Waals surface area contributed by atoms with Crippen LogP contribution in [-0.2, 0) is 5.41 Å². The molecule has 5 nitrogen and oxygen atoms in total. The quantitative estimate of drug-likeness (QED) is 0.177. The first-order valence-corrected chi connectivity index (χ1v) is 19.3. The van der Waals surface area contributed by atoms with Crippen molar-refractivity contribution in [2.45, 2.75) is 5.41 Å². The molecule has 5 aromatic heterocycles. The first-order chi connectivity index (χ1) is 28.3. The van der Waals surface area contributed by atoms with E-state index >= 15 is 0 Å². The molecule has 0 atom stereocenters. The fourth-order valence-corrected chi connectivity index (χ4v) is 9.69. The van der Waals surface area contributed by atoms with E-state index in [2.05, 4.69) is 189 Å². The predicted molar refractivity (Wildman–Crippen MR) is 231 cm³/mol. The summed E-state index contributed by atoms with van der Waals surface area (Å²) >= 11 is 0. The minimum absolute atomic E-state index is 0.486. The molecule has 5 heterocycles. The Bertz CT molecular complexity index is 3230. The zero-order valence-corrected chi connectivity index (χ0v) is 30.8. The van der Waals surface area contributed by atoms with Gasteiger partial charge in [0.15, 0.2) is 0 Å². The van der Waals surface area contributed by atoms with Gasteiger partial charge in [0.2, 0.25) is 0 Å². The van der Waals surface area contributed by atoms with Gasteiger partial charge in [-0.2, -0.15) is 0 Å². The summed E-state index contributed by atoms with van der Waals surface area (Å²) in [6, 6.07) is 63.6. The molecule has 0 bridgehead atoms. The fourth-order valence-electron chi connectivity index (χ4n) is 9.69. The maximum Gasteiger partial charge on any atom is 0.115 e. The van der Waals surface area contributed by atoms with Gasteiger partial charge in [0.25, 0.3) is 0 Å². The van der Waals surface area contributed by atoms with Crippen molar-refractivity contribution in [3.05, 3.63) is 223 Å². The van der Waals surface area contributed by atoms with E-state index in [1.807, 2.05) is 30.7 Å². The Morgan fingerprint density at radius 3 is 1.56 bits per heavy atom. The smallest absolute Gasteiger partial charge is 0.115 e. The predicted octanol–water partition coefficient (Wildman–Crippen LogP) is 12.1. The second kappa shape index (κ2) is 12.2. The summed E-state index contributed by atoms with van der Waals surface area (Å²) in [5.41, 5.74) is 17.8. The Balaban J connectivity index is 1.01. The second-order valence-corrected chi connectivity index (χ2v) is 14.8. The second-order valence-electron chi connectivity index (χ2n) is 14.8. The lowest BCUT2D eigenvalue weighted by Crippen LogP contribution is -2.28. The summed E-state index contributed by atoms with van der Waals surface area (Å²) in [4.78, 5) is 14.0. The van der Waals surface area contributed by atoms with Crippen LogP contribution in [0.25, 0.3) is 77.5 Å². The summed E-state index contributed by atoms with van der Waals surface area (Å²) in [6.45, 7) is 0. The lowest BCUT2D eigenvalue weighted by atomic mass is 9.68. The van der Waals surface area contributed by atoms with Crippen molar-refractivity contribution in [3.8, 4) is 33.6 Å². The Morgan fingerprint density at radius 2 is 0.947 bits per heavy atom. The van der Waals surface area contributed by atoms with Gasteiger partial charge in [-0.05, 0) is 106 Å². The third kappa shape index (κ3) is 4.42. The van der Waals surface area contributed by atoms with Gasteiger partial charge in [0, 0.05) is 52.5 Å². The van der Waals surface area contributed by atoms with Gasteiger partial charge in [-0.3, -0.25) is 15.0 Å². The minimum atomic E-state index is -0.486. The van der Waals surface area contributed by atoms with Crippen molar-refractivity contribution < 1.29 is 0 Å². The normalized spacial score (nSPS) is 13.1. The number of nitrogens with zero attached hydrogens (tertiary/aromatic N) is 5. The number of pyridine rings is 3. The summed E-state index contributed by atoms with van der Waals surface area (Å²) < 4.78 is 4.66. The molecule has 0 aliphatic heterocycles. The van der Waals surface area contributed by atoms with E-state index < -0.39 is 5.41 Å². The molecule has 0 unspecified atom stereocenters. The zero-order valence-electron chi connectivity index (χ0n) is 30.8. The maximum atomic E-state index is 4.73. The summed E-state index contributed by atoms with van der Waals surface area (Å²) in [6.07, 6.45) is 7.68. The van der Waals surface area contributed by atoms with Crippen LogP contribution in [0.2, 0.25) is 0 Å². The Hall–Kier alpha value is -7.63. The maximum absolute atomic E-state index is 4.73. The highest BCUT2D eigenvalue weighted by Gasteiger charge is 2.47. The topological polar surface area (TPSA) is 48.5 Å². The van der Waals surface area contributed by atoms with Crippen molar-refractivity contribution in [3.63, 3.8) is 0 Å². The Morgan fingerprint density at radius 1 is 0.404 bits per heavy atom. The molecule has 0 radical (unpaired) electrons. The monoisotopic (exact) mass is 727 g/mol. The fraction of sp³-hybridized carbons (Fsp3) is 0.0192. The first-order valence-electron chi connectivity index (χ1n) is 19.3. The summed E-state index contributed by atoms with van der Waals surface area (Å²) in [7, 11) is 0. The highest BCUT2D eigenvalue weighted by atomic mass is 15.0. The van der Waals surface area contributed by atoms with Crippen LogP contribution in [0.1, 0.15) is 22.3 Å². The van der Waals surface area contributed by atoms with Crippen molar-refractivity contribution in [1.29, 1.82) is 0 Å². The van der Waals surface area contributed by atoms with E-state index in [4.69, 9.17) is 4.98 Å². The highest BCUT2D eigenvalue weighted by molar-refractivity contribution is 6.18. The average Bonchev–Trinajstić information content (AvgIpc) is 3.92. The van der Waals surface area contributed by atoms with Crippen molar-refractivity contribution >= 4 is 43.9 Å². The lowest BCUT2D eigenvalue weighted by Gasteiger charge is -2.33. The molecule has 0 spiro atoms. The SMILES string of the molecule is c1ccc(C2(c3ccccc3)c3ccncc3-c3c2ccc2c3c3ccccc3n2-c2ccc(-c3ccc(-n4c5cccnc5c5ncccc54)cc3)cc2)cc1. The largest absolute Gasteiger partial charge is 0.309 e. The molecule has 11 aromatic rings. The summed E-state index contributed by atoms with van der Waals surface area (Å²) in [5.74, 6) is 0. The molecule has 12 rings (SSSR count). The van der Waals surface area contributed by atoms with Gasteiger partial charge >= 0.3 is 0 Å². The van der Waals surface area contributed by atoms with Crippen molar-refractivity contribution in [1.82, 2.24) is 24.1 Å². The molecule has 5 heteroatoms. The Labute approximate surface area is 328 Å². The van der Waals surface area contributed by atoms with Gasteiger partial charge in [-0.1, -0.05) is 109 Å². The molecule has 1 aliphatic rings. The van der Waals surface area contributed by atoms with Crippen LogP contribution < -0.4 is 0 Å².